The number of aryl methyl sites for hydroxylation is 1. The summed E-state index contributed by atoms with van der Waals surface area (Å²) in [5, 5.41) is 17.5. The van der Waals surface area contributed by atoms with E-state index >= 15 is 0 Å². The second-order valence-electron chi connectivity index (χ2n) is 5.55. The number of nitrogens with zero attached hydrogens (tertiary/aromatic N) is 3. The summed E-state index contributed by atoms with van der Waals surface area (Å²) in [5.74, 6) is 0.364. The zero-order chi connectivity index (χ0) is 14.3. The van der Waals surface area contributed by atoms with Gasteiger partial charge in [0.15, 0.2) is 5.65 Å². The van der Waals surface area contributed by atoms with Crippen molar-refractivity contribution in [2.45, 2.75) is 19.8 Å². The number of carboxylic acid groups (broad SMARTS) is 1. The molecule has 2 aromatic rings. The van der Waals surface area contributed by atoms with Crippen LogP contribution in [0.3, 0.4) is 0 Å². The second kappa shape index (κ2) is 4.77. The van der Waals surface area contributed by atoms with Gasteiger partial charge < -0.3 is 10.4 Å². The fourth-order valence-corrected chi connectivity index (χ4v) is 2.54. The van der Waals surface area contributed by atoms with Crippen molar-refractivity contribution in [3.8, 4) is 0 Å². The van der Waals surface area contributed by atoms with Crippen LogP contribution in [0.5, 0.6) is 0 Å². The zero-order valence-corrected chi connectivity index (χ0v) is 11.6. The number of nitrogens with one attached hydrogen (secondary N) is 1. The van der Waals surface area contributed by atoms with E-state index in [1.165, 1.54) is 19.0 Å². The van der Waals surface area contributed by atoms with Gasteiger partial charge in [-0.15, -0.1) is 0 Å². The van der Waals surface area contributed by atoms with Gasteiger partial charge in [-0.25, -0.2) is 9.78 Å². The van der Waals surface area contributed by atoms with Gasteiger partial charge in [-0.3, -0.25) is 4.68 Å². The molecule has 0 amide bonds. The summed E-state index contributed by atoms with van der Waals surface area (Å²) in [6, 6.07) is 0. The quantitative estimate of drug-likeness (QED) is 0.873. The maximum atomic E-state index is 11.4. The monoisotopic (exact) mass is 274 g/mol. The first-order valence-corrected chi connectivity index (χ1v) is 6.85. The standard InChI is InChI=1S/C14H18N4O2/c1-8(9-3-4-9)5-15-12-10-7-17-18(2)13(10)16-6-11(12)14(19)20/h6-9H,3-5H2,1-2H3,(H,15,16)(H,19,20). The maximum absolute atomic E-state index is 11.4. The highest BCUT2D eigenvalue weighted by molar-refractivity contribution is 6.03. The molecular formula is C14H18N4O2. The molecule has 0 saturated heterocycles. The molecule has 106 valence electrons. The third-order valence-corrected chi connectivity index (χ3v) is 4.02. The van der Waals surface area contributed by atoms with Crippen LogP contribution in [0.1, 0.15) is 30.1 Å². The number of carboxylic acids is 1. The molecule has 1 saturated carbocycles. The lowest BCUT2D eigenvalue weighted by Gasteiger charge is -2.15. The summed E-state index contributed by atoms with van der Waals surface area (Å²) >= 11 is 0. The van der Waals surface area contributed by atoms with Gasteiger partial charge in [0.25, 0.3) is 0 Å². The Morgan fingerprint density at radius 1 is 1.55 bits per heavy atom. The third kappa shape index (κ3) is 2.21. The topological polar surface area (TPSA) is 80.0 Å². The summed E-state index contributed by atoms with van der Waals surface area (Å²) < 4.78 is 1.65. The fraction of sp³-hybridized carbons (Fsp3) is 0.500. The molecule has 0 aromatic carbocycles. The number of hydrogen-bond acceptors (Lipinski definition) is 4. The highest BCUT2D eigenvalue weighted by atomic mass is 16.4. The Hall–Kier alpha value is -2.11. The summed E-state index contributed by atoms with van der Waals surface area (Å²) in [6.45, 7) is 2.98. The normalized spacial score (nSPS) is 16.3. The van der Waals surface area contributed by atoms with Gasteiger partial charge in [-0.1, -0.05) is 6.92 Å². The van der Waals surface area contributed by atoms with Crippen LogP contribution in [0, 0.1) is 11.8 Å². The minimum atomic E-state index is -0.968. The van der Waals surface area contributed by atoms with Crippen LogP contribution in [-0.4, -0.2) is 32.4 Å². The zero-order valence-electron chi connectivity index (χ0n) is 11.6. The lowest BCUT2D eigenvalue weighted by atomic mass is 10.1. The molecule has 2 N–H and O–H groups in total. The highest BCUT2D eigenvalue weighted by Gasteiger charge is 2.28. The van der Waals surface area contributed by atoms with Crippen LogP contribution in [0.25, 0.3) is 11.0 Å². The molecule has 0 bridgehead atoms. The molecular weight excluding hydrogens is 256 g/mol. The van der Waals surface area contributed by atoms with E-state index in [2.05, 4.69) is 22.3 Å². The van der Waals surface area contributed by atoms with E-state index in [1.54, 1.807) is 17.9 Å². The molecule has 1 aliphatic rings. The van der Waals surface area contributed by atoms with Gasteiger partial charge >= 0.3 is 5.97 Å². The Morgan fingerprint density at radius 3 is 2.95 bits per heavy atom. The minimum absolute atomic E-state index is 0.202. The van der Waals surface area contributed by atoms with Crippen LogP contribution >= 0.6 is 0 Å². The van der Waals surface area contributed by atoms with Crippen molar-refractivity contribution >= 4 is 22.7 Å². The first kappa shape index (κ1) is 12.9. The smallest absolute Gasteiger partial charge is 0.339 e. The Bertz CT molecular complexity index is 660. The van der Waals surface area contributed by atoms with Crippen molar-refractivity contribution in [1.82, 2.24) is 14.8 Å². The van der Waals surface area contributed by atoms with E-state index in [1.807, 2.05) is 0 Å². The molecule has 2 aromatic heterocycles. The molecule has 0 aliphatic heterocycles. The first-order chi connectivity index (χ1) is 9.58. The predicted octanol–water partition coefficient (Wildman–Crippen LogP) is 2.12. The summed E-state index contributed by atoms with van der Waals surface area (Å²) in [5.41, 5.74) is 1.52. The van der Waals surface area contributed by atoms with Gasteiger partial charge in [-0.05, 0) is 24.7 Å². The van der Waals surface area contributed by atoms with Gasteiger partial charge in [0.2, 0.25) is 0 Å². The van der Waals surface area contributed by atoms with Crippen molar-refractivity contribution < 1.29 is 9.90 Å². The molecule has 0 spiro atoms. The number of rotatable bonds is 5. The molecule has 6 nitrogen and oxygen atoms in total. The highest BCUT2D eigenvalue weighted by Crippen LogP contribution is 2.37. The van der Waals surface area contributed by atoms with Crippen LogP contribution in [0.15, 0.2) is 12.4 Å². The summed E-state index contributed by atoms with van der Waals surface area (Å²) in [6.07, 6.45) is 5.63. The predicted molar refractivity (Wildman–Crippen MR) is 75.8 cm³/mol. The largest absolute Gasteiger partial charge is 0.478 e. The number of aromatic nitrogens is 3. The Kier molecular flexibility index (Phi) is 3.08. The van der Waals surface area contributed by atoms with E-state index in [4.69, 9.17) is 0 Å². The maximum Gasteiger partial charge on any atom is 0.339 e. The number of fused-ring (bicyclic) bond motifs is 1. The molecule has 1 fully saturated rings. The van der Waals surface area contributed by atoms with Crippen LogP contribution in [0.2, 0.25) is 0 Å². The second-order valence-corrected chi connectivity index (χ2v) is 5.55. The van der Waals surface area contributed by atoms with Gasteiger partial charge in [-0.2, -0.15) is 5.10 Å². The van der Waals surface area contributed by atoms with Crippen LogP contribution < -0.4 is 5.32 Å². The average Bonchev–Trinajstić information content (AvgIpc) is 3.20. The molecule has 0 radical (unpaired) electrons. The van der Waals surface area contributed by atoms with Crippen LogP contribution in [-0.2, 0) is 7.05 Å². The summed E-state index contributed by atoms with van der Waals surface area (Å²) in [4.78, 5) is 15.5. The molecule has 1 atom stereocenters. The van der Waals surface area contributed by atoms with Gasteiger partial charge in [0.05, 0.1) is 17.3 Å². The molecule has 3 rings (SSSR count). The Balaban J connectivity index is 1.96. The van der Waals surface area contributed by atoms with E-state index in [0.29, 0.717) is 17.3 Å². The van der Waals surface area contributed by atoms with Gasteiger partial charge in [0, 0.05) is 19.8 Å². The van der Waals surface area contributed by atoms with E-state index in [0.717, 1.165) is 17.8 Å². The van der Waals surface area contributed by atoms with Crippen LogP contribution in [0.4, 0.5) is 5.69 Å². The average molecular weight is 274 g/mol. The Labute approximate surface area is 116 Å². The van der Waals surface area contributed by atoms with Crippen molar-refractivity contribution in [2.24, 2.45) is 18.9 Å². The molecule has 20 heavy (non-hydrogen) atoms. The summed E-state index contributed by atoms with van der Waals surface area (Å²) in [7, 11) is 1.80. The minimum Gasteiger partial charge on any atom is -0.478 e. The molecule has 1 aliphatic carbocycles. The number of aromatic carboxylic acids is 1. The molecule has 2 heterocycles. The van der Waals surface area contributed by atoms with Crippen molar-refractivity contribution in [3.05, 3.63) is 18.0 Å². The van der Waals surface area contributed by atoms with Crippen molar-refractivity contribution in [1.29, 1.82) is 0 Å². The lowest BCUT2D eigenvalue weighted by molar-refractivity contribution is 0.0697. The first-order valence-electron chi connectivity index (χ1n) is 6.85. The van der Waals surface area contributed by atoms with Gasteiger partial charge in [0.1, 0.15) is 5.56 Å². The molecule has 6 heteroatoms. The SMILES string of the molecule is CC(CNc1c(C(=O)O)cnc2c1cnn2C)C1CC1. The number of anilines is 1. The Morgan fingerprint density at radius 2 is 2.30 bits per heavy atom. The van der Waals surface area contributed by atoms with Crippen molar-refractivity contribution in [2.75, 3.05) is 11.9 Å². The fourth-order valence-electron chi connectivity index (χ4n) is 2.54. The van der Waals surface area contributed by atoms with E-state index in [9.17, 15) is 9.90 Å². The molecule has 1 unspecified atom stereocenters. The van der Waals surface area contributed by atoms with E-state index in [-0.39, 0.29) is 5.56 Å². The number of pyridine rings is 1. The van der Waals surface area contributed by atoms with Crippen molar-refractivity contribution in [3.63, 3.8) is 0 Å². The number of carbonyl (C=O) groups is 1. The third-order valence-electron chi connectivity index (χ3n) is 4.02. The lowest BCUT2D eigenvalue weighted by Crippen LogP contribution is -2.15. The van der Waals surface area contributed by atoms with E-state index < -0.39 is 5.97 Å². The number of hydrogen-bond donors (Lipinski definition) is 2.